The van der Waals surface area contributed by atoms with Crippen LogP contribution in [0.25, 0.3) is 0 Å². The van der Waals surface area contributed by atoms with Gasteiger partial charge in [0, 0.05) is 30.5 Å². The molecule has 0 spiro atoms. The summed E-state index contributed by atoms with van der Waals surface area (Å²) < 4.78 is 37.5. The van der Waals surface area contributed by atoms with Crippen molar-refractivity contribution in [2.24, 2.45) is 0 Å². The molecule has 7 heteroatoms. The minimum Gasteiger partial charge on any atom is -0.389 e. The first-order chi connectivity index (χ1) is 9.17. The highest BCUT2D eigenvalue weighted by atomic mass is 19.4. The summed E-state index contributed by atoms with van der Waals surface area (Å²) in [6, 6.07) is 0. The monoisotopic (exact) mass is 289 g/mol. The fourth-order valence-corrected chi connectivity index (χ4v) is 2.48. The van der Waals surface area contributed by atoms with Gasteiger partial charge in [0.2, 0.25) is 5.82 Å². The number of aromatic nitrogens is 2. The number of β-amino-alcohol motifs (C(OH)–C–C–N with tert-alkyl or cyclic N) is 1. The zero-order valence-corrected chi connectivity index (χ0v) is 11.5. The molecule has 1 saturated heterocycles. The second kappa shape index (κ2) is 5.29. The van der Waals surface area contributed by atoms with Crippen molar-refractivity contribution in [3.05, 3.63) is 23.3 Å². The minimum atomic E-state index is -4.52. The van der Waals surface area contributed by atoms with Crippen LogP contribution in [0.5, 0.6) is 0 Å². The quantitative estimate of drug-likeness (QED) is 0.906. The number of rotatable bonds is 2. The van der Waals surface area contributed by atoms with E-state index in [1.807, 2.05) is 4.90 Å². The van der Waals surface area contributed by atoms with E-state index in [1.54, 1.807) is 13.8 Å². The highest BCUT2D eigenvalue weighted by Gasteiger charge is 2.35. The van der Waals surface area contributed by atoms with E-state index in [1.165, 1.54) is 6.20 Å². The highest BCUT2D eigenvalue weighted by Crippen LogP contribution is 2.27. The number of alkyl halides is 3. The van der Waals surface area contributed by atoms with Crippen LogP contribution in [-0.2, 0) is 12.7 Å². The predicted octanol–water partition coefficient (Wildman–Crippen LogP) is 2.15. The topological polar surface area (TPSA) is 49.2 Å². The maximum atomic E-state index is 12.5. The van der Waals surface area contributed by atoms with Crippen molar-refractivity contribution in [1.82, 2.24) is 14.9 Å². The summed E-state index contributed by atoms with van der Waals surface area (Å²) >= 11 is 0. The van der Waals surface area contributed by atoms with Gasteiger partial charge in [-0.2, -0.15) is 13.2 Å². The molecule has 0 amide bonds. The minimum absolute atomic E-state index is 0.331. The molecule has 2 rings (SSSR count). The largest absolute Gasteiger partial charge is 0.451 e. The Kier molecular flexibility index (Phi) is 4.02. The lowest BCUT2D eigenvalue weighted by atomic mass is 9.95. The highest BCUT2D eigenvalue weighted by molar-refractivity contribution is 5.17. The Morgan fingerprint density at radius 3 is 2.70 bits per heavy atom. The first kappa shape index (κ1) is 15.2. The summed E-state index contributed by atoms with van der Waals surface area (Å²) in [6.45, 7) is 5.10. The van der Waals surface area contributed by atoms with Crippen molar-refractivity contribution >= 4 is 0 Å². The first-order valence-corrected chi connectivity index (χ1v) is 6.52. The van der Waals surface area contributed by atoms with E-state index in [0.717, 1.165) is 19.4 Å². The molecule has 0 aromatic carbocycles. The lowest BCUT2D eigenvalue weighted by Gasteiger charge is -2.36. The smallest absolute Gasteiger partial charge is 0.389 e. The van der Waals surface area contributed by atoms with E-state index >= 15 is 0 Å². The van der Waals surface area contributed by atoms with Gasteiger partial charge in [-0.1, -0.05) is 0 Å². The van der Waals surface area contributed by atoms with Crippen LogP contribution >= 0.6 is 0 Å². The van der Waals surface area contributed by atoms with Gasteiger partial charge in [-0.3, -0.25) is 4.90 Å². The summed E-state index contributed by atoms with van der Waals surface area (Å²) in [7, 11) is 0. The van der Waals surface area contributed by atoms with E-state index in [9.17, 15) is 18.3 Å². The van der Waals surface area contributed by atoms with Gasteiger partial charge in [0.15, 0.2) is 0 Å². The average molecular weight is 289 g/mol. The molecule has 0 bridgehead atoms. The molecule has 4 nitrogen and oxygen atoms in total. The van der Waals surface area contributed by atoms with Crippen LogP contribution in [0.2, 0.25) is 0 Å². The fraction of sp³-hybridized carbons (Fsp3) is 0.692. The maximum absolute atomic E-state index is 12.5. The third-order valence-electron chi connectivity index (χ3n) is 3.48. The molecule has 1 fully saturated rings. The van der Waals surface area contributed by atoms with Crippen molar-refractivity contribution in [3.8, 4) is 0 Å². The molecule has 20 heavy (non-hydrogen) atoms. The van der Waals surface area contributed by atoms with Gasteiger partial charge in [-0.15, -0.1) is 0 Å². The molecule has 112 valence electrons. The third-order valence-corrected chi connectivity index (χ3v) is 3.48. The standard InChI is InChI=1S/C13H18F3N3O/c1-9-10(6-17-11(18-9)13(14,15)16)7-19-5-3-4-12(2,20)8-19/h6,20H,3-5,7-8H2,1-2H3/t12-/m0/s1. The van der Waals surface area contributed by atoms with Gasteiger partial charge in [0.1, 0.15) is 0 Å². The van der Waals surface area contributed by atoms with E-state index in [2.05, 4.69) is 9.97 Å². The van der Waals surface area contributed by atoms with Crippen LogP contribution in [0.4, 0.5) is 13.2 Å². The summed E-state index contributed by atoms with van der Waals surface area (Å²) in [5.41, 5.74) is 0.257. The lowest BCUT2D eigenvalue weighted by Crippen LogP contribution is -2.45. The Morgan fingerprint density at radius 1 is 1.45 bits per heavy atom. The van der Waals surface area contributed by atoms with Crippen molar-refractivity contribution in [1.29, 1.82) is 0 Å². The predicted molar refractivity (Wildman–Crippen MR) is 66.9 cm³/mol. The summed E-state index contributed by atoms with van der Waals surface area (Å²) in [6.07, 6.45) is -1.67. The molecule has 1 aromatic heterocycles. The van der Waals surface area contributed by atoms with E-state index in [0.29, 0.717) is 24.3 Å². The molecule has 0 aliphatic carbocycles. The van der Waals surface area contributed by atoms with Crippen LogP contribution < -0.4 is 0 Å². The number of aryl methyl sites for hydroxylation is 1. The van der Waals surface area contributed by atoms with Crippen LogP contribution in [0.3, 0.4) is 0 Å². The number of halogens is 3. The Morgan fingerprint density at radius 2 is 2.15 bits per heavy atom. The van der Waals surface area contributed by atoms with E-state index in [4.69, 9.17) is 0 Å². The Balaban J connectivity index is 2.10. The van der Waals surface area contributed by atoms with Gasteiger partial charge >= 0.3 is 6.18 Å². The molecule has 1 atom stereocenters. The van der Waals surface area contributed by atoms with Gasteiger partial charge in [0.05, 0.1) is 5.60 Å². The van der Waals surface area contributed by atoms with E-state index < -0.39 is 17.6 Å². The summed E-state index contributed by atoms with van der Waals surface area (Å²) in [5, 5.41) is 10.0. The third kappa shape index (κ3) is 3.67. The van der Waals surface area contributed by atoms with Crippen molar-refractivity contribution in [2.45, 2.75) is 45.0 Å². The number of aliphatic hydroxyl groups is 1. The molecule has 1 aliphatic rings. The Hall–Kier alpha value is -1.21. The maximum Gasteiger partial charge on any atom is 0.451 e. The Labute approximate surface area is 115 Å². The number of hydrogen-bond donors (Lipinski definition) is 1. The zero-order valence-electron chi connectivity index (χ0n) is 11.5. The van der Waals surface area contributed by atoms with Gasteiger partial charge in [-0.05, 0) is 33.2 Å². The van der Waals surface area contributed by atoms with Gasteiger partial charge in [-0.25, -0.2) is 9.97 Å². The molecule has 0 unspecified atom stereocenters. The van der Waals surface area contributed by atoms with Crippen LogP contribution in [0.1, 0.15) is 36.8 Å². The number of nitrogens with zero attached hydrogens (tertiary/aromatic N) is 3. The molecule has 1 N–H and O–H groups in total. The molecule has 2 heterocycles. The number of likely N-dealkylation sites (tertiary alicyclic amines) is 1. The molecule has 1 aliphatic heterocycles. The molecule has 0 radical (unpaired) electrons. The lowest BCUT2D eigenvalue weighted by molar-refractivity contribution is -0.145. The van der Waals surface area contributed by atoms with Gasteiger partial charge < -0.3 is 5.11 Å². The van der Waals surface area contributed by atoms with E-state index in [-0.39, 0.29) is 0 Å². The van der Waals surface area contributed by atoms with Crippen molar-refractivity contribution in [2.75, 3.05) is 13.1 Å². The van der Waals surface area contributed by atoms with Crippen LogP contribution in [0, 0.1) is 6.92 Å². The summed E-state index contributed by atoms with van der Waals surface area (Å²) in [5.74, 6) is -1.11. The second-order valence-electron chi connectivity index (χ2n) is 5.61. The van der Waals surface area contributed by atoms with Crippen LogP contribution in [0.15, 0.2) is 6.20 Å². The second-order valence-corrected chi connectivity index (χ2v) is 5.61. The normalized spacial score (nSPS) is 24.9. The SMILES string of the molecule is Cc1nc(C(F)(F)F)ncc1CN1CCC[C@](C)(O)C1. The molecule has 0 saturated carbocycles. The molecular formula is C13H18F3N3O. The Bertz CT molecular complexity index is 488. The van der Waals surface area contributed by atoms with Crippen LogP contribution in [-0.4, -0.2) is 38.7 Å². The zero-order chi connectivity index (χ0) is 15.0. The molecule has 1 aromatic rings. The molecular weight excluding hydrogens is 271 g/mol. The summed E-state index contributed by atoms with van der Waals surface area (Å²) in [4.78, 5) is 8.92. The van der Waals surface area contributed by atoms with Crippen molar-refractivity contribution in [3.63, 3.8) is 0 Å². The number of piperidine rings is 1. The van der Waals surface area contributed by atoms with Crippen molar-refractivity contribution < 1.29 is 18.3 Å². The van der Waals surface area contributed by atoms with Gasteiger partial charge in [0.25, 0.3) is 0 Å². The average Bonchev–Trinajstić information content (AvgIpc) is 2.29. The fourth-order valence-electron chi connectivity index (χ4n) is 2.48. The number of hydrogen-bond acceptors (Lipinski definition) is 4. The first-order valence-electron chi connectivity index (χ1n) is 6.52.